The first-order chi connectivity index (χ1) is 11.0. The zero-order valence-electron chi connectivity index (χ0n) is 12.4. The topological polar surface area (TPSA) is 51.8 Å². The molecule has 0 amide bonds. The van der Waals surface area contributed by atoms with Crippen molar-refractivity contribution in [1.29, 1.82) is 0 Å². The number of thiazole rings is 1. The molecule has 2 aromatic heterocycles. The Bertz CT molecular complexity index is 819. The van der Waals surface area contributed by atoms with E-state index in [0.717, 1.165) is 16.8 Å². The summed E-state index contributed by atoms with van der Waals surface area (Å²) in [6.45, 7) is 3.73. The first-order valence-corrected chi connectivity index (χ1v) is 8.62. The predicted octanol–water partition coefficient (Wildman–Crippen LogP) is 4.56. The Hall–Kier alpha value is -1.80. The molecule has 23 heavy (non-hydrogen) atoms. The van der Waals surface area contributed by atoms with Crippen LogP contribution in [0.2, 0.25) is 0 Å². The molecule has 0 bridgehead atoms. The van der Waals surface area contributed by atoms with E-state index in [1.807, 2.05) is 12.3 Å². The van der Waals surface area contributed by atoms with Crippen LogP contribution in [0.1, 0.15) is 34.3 Å². The van der Waals surface area contributed by atoms with E-state index in [4.69, 9.17) is 4.42 Å². The van der Waals surface area contributed by atoms with Crippen LogP contribution < -0.4 is 0 Å². The molecule has 0 N–H and O–H groups in total. The third-order valence-corrected chi connectivity index (χ3v) is 4.92. The van der Waals surface area contributed by atoms with E-state index in [0.29, 0.717) is 23.1 Å². The van der Waals surface area contributed by atoms with E-state index in [1.54, 1.807) is 18.3 Å². The quantitative estimate of drug-likeness (QED) is 0.630. The summed E-state index contributed by atoms with van der Waals surface area (Å²) in [6.07, 6.45) is 0.469. The van der Waals surface area contributed by atoms with Gasteiger partial charge < -0.3 is 4.42 Å². The summed E-state index contributed by atoms with van der Waals surface area (Å²) in [5, 5.41) is 10.9. The van der Waals surface area contributed by atoms with Gasteiger partial charge in [0.25, 0.3) is 5.22 Å². The zero-order valence-corrected chi connectivity index (χ0v) is 14.0. The van der Waals surface area contributed by atoms with Crippen LogP contribution >= 0.6 is 23.1 Å². The first-order valence-electron chi connectivity index (χ1n) is 6.86. The number of thioether (sulfide) groups is 1. The molecule has 1 aromatic carbocycles. The van der Waals surface area contributed by atoms with Gasteiger partial charge in [0.15, 0.2) is 0 Å². The number of nitrogens with zero attached hydrogens (tertiary/aromatic N) is 3. The van der Waals surface area contributed by atoms with Gasteiger partial charge in [0, 0.05) is 22.3 Å². The van der Waals surface area contributed by atoms with Crippen LogP contribution in [0.5, 0.6) is 0 Å². The normalized spacial score (nSPS) is 12.5. The Morgan fingerprint density at radius 3 is 2.83 bits per heavy atom. The first kappa shape index (κ1) is 16.1. The molecular weight excluding hydrogens is 340 g/mol. The van der Waals surface area contributed by atoms with Gasteiger partial charge in [0.05, 0.1) is 17.1 Å². The van der Waals surface area contributed by atoms with Crippen molar-refractivity contribution in [3.63, 3.8) is 0 Å². The minimum atomic E-state index is -0.595. The zero-order chi connectivity index (χ0) is 16.4. The molecule has 3 rings (SSSR count). The lowest BCUT2D eigenvalue weighted by atomic mass is 10.1. The second-order valence-corrected chi connectivity index (χ2v) is 7.28. The lowest BCUT2D eigenvalue weighted by Gasteiger charge is -2.09. The number of benzene rings is 1. The van der Waals surface area contributed by atoms with Gasteiger partial charge in [-0.25, -0.2) is 13.8 Å². The van der Waals surface area contributed by atoms with Gasteiger partial charge in [-0.2, -0.15) is 0 Å². The number of rotatable bonds is 5. The minimum Gasteiger partial charge on any atom is -0.416 e. The molecule has 1 atom stereocenters. The molecule has 0 fully saturated rings. The van der Waals surface area contributed by atoms with Crippen LogP contribution in [0.3, 0.4) is 0 Å². The fourth-order valence-electron chi connectivity index (χ4n) is 2.05. The number of aryl methyl sites for hydroxylation is 1. The van der Waals surface area contributed by atoms with Crippen molar-refractivity contribution in [2.24, 2.45) is 0 Å². The molecule has 0 saturated heterocycles. The van der Waals surface area contributed by atoms with Crippen molar-refractivity contribution < 1.29 is 13.2 Å². The second kappa shape index (κ2) is 6.76. The molecule has 120 valence electrons. The van der Waals surface area contributed by atoms with Gasteiger partial charge in [-0.1, -0.05) is 17.8 Å². The summed E-state index contributed by atoms with van der Waals surface area (Å²) < 4.78 is 32.3. The highest BCUT2D eigenvalue weighted by Crippen LogP contribution is 2.35. The molecule has 8 heteroatoms. The van der Waals surface area contributed by atoms with Crippen LogP contribution in [-0.2, 0) is 6.42 Å². The van der Waals surface area contributed by atoms with Gasteiger partial charge >= 0.3 is 0 Å². The van der Waals surface area contributed by atoms with Crippen molar-refractivity contribution in [2.45, 2.75) is 30.7 Å². The van der Waals surface area contributed by atoms with Crippen LogP contribution in [-0.4, -0.2) is 15.2 Å². The van der Waals surface area contributed by atoms with Gasteiger partial charge in [0.1, 0.15) is 11.6 Å². The molecular formula is C15H13F2N3OS2. The largest absolute Gasteiger partial charge is 0.416 e. The molecule has 2 heterocycles. The van der Waals surface area contributed by atoms with E-state index in [1.165, 1.54) is 23.9 Å². The maximum absolute atomic E-state index is 13.8. The second-order valence-electron chi connectivity index (χ2n) is 4.92. The monoisotopic (exact) mass is 353 g/mol. The minimum absolute atomic E-state index is 0.273. The highest BCUT2D eigenvalue weighted by Gasteiger charge is 2.17. The predicted molar refractivity (Wildman–Crippen MR) is 84.6 cm³/mol. The molecule has 0 aliphatic carbocycles. The summed E-state index contributed by atoms with van der Waals surface area (Å²) in [5.41, 5.74) is 1.27. The third kappa shape index (κ3) is 3.94. The van der Waals surface area contributed by atoms with Gasteiger partial charge in [-0.05, 0) is 19.9 Å². The van der Waals surface area contributed by atoms with Crippen molar-refractivity contribution >= 4 is 23.1 Å². The molecule has 0 saturated carbocycles. The van der Waals surface area contributed by atoms with Crippen LogP contribution in [0.25, 0.3) is 0 Å². The van der Waals surface area contributed by atoms with Crippen molar-refractivity contribution in [1.82, 2.24) is 15.2 Å². The van der Waals surface area contributed by atoms with E-state index < -0.39 is 11.6 Å². The Labute approximate surface area is 140 Å². The SMILES string of the molecule is Cc1nc(Cc2nnc(S[C@@H](C)c3ccc(F)cc3F)o2)cs1. The van der Waals surface area contributed by atoms with Crippen molar-refractivity contribution in [2.75, 3.05) is 0 Å². The van der Waals surface area contributed by atoms with Crippen molar-refractivity contribution in [3.05, 3.63) is 57.4 Å². The van der Waals surface area contributed by atoms with Crippen LogP contribution in [0.4, 0.5) is 8.78 Å². The highest BCUT2D eigenvalue weighted by molar-refractivity contribution is 7.99. The summed E-state index contributed by atoms with van der Waals surface area (Å²) in [6, 6.07) is 3.53. The molecule has 0 aliphatic rings. The fraction of sp³-hybridized carbons (Fsp3) is 0.267. The molecule has 3 aromatic rings. The number of aromatic nitrogens is 3. The average molecular weight is 353 g/mol. The van der Waals surface area contributed by atoms with Crippen LogP contribution in [0.15, 0.2) is 33.2 Å². The van der Waals surface area contributed by atoms with E-state index in [-0.39, 0.29) is 5.25 Å². The lowest BCUT2D eigenvalue weighted by Crippen LogP contribution is -1.94. The summed E-state index contributed by atoms with van der Waals surface area (Å²) in [5.74, 6) is -0.714. The lowest BCUT2D eigenvalue weighted by molar-refractivity contribution is 0.418. The van der Waals surface area contributed by atoms with Crippen LogP contribution in [0, 0.1) is 18.6 Å². The summed E-state index contributed by atoms with van der Waals surface area (Å²) in [7, 11) is 0. The van der Waals surface area contributed by atoms with E-state index in [9.17, 15) is 8.78 Å². The maximum Gasteiger partial charge on any atom is 0.277 e. The third-order valence-electron chi connectivity index (χ3n) is 3.13. The molecule has 0 aliphatic heterocycles. The maximum atomic E-state index is 13.8. The fourth-order valence-corrected chi connectivity index (χ4v) is 3.51. The van der Waals surface area contributed by atoms with Crippen molar-refractivity contribution in [3.8, 4) is 0 Å². The molecule has 4 nitrogen and oxygen atoms in total. The van der Waals surface area contributed by atoms with E-state index >= 15 is 0 Å². The summed E-state index contributed by atoms with van der Waals surface area (Å²) >= 11 is 2.80. The standard InChI is InChI=1S/C15H13F2N3OS2/c1-8(12-4-3-10(16)5-13(12)17)23-15-20-19-14(21-15)6-11-7-22-9(2)18-11/h3-5,7-8H,6H2,1-2H3/t8-/m0/s1. The number of halogens is 2. The van der Waals surface area contributed by atoms with E-state index in [2.05, 4.69) is 15.2 Å². The summed E-state index contributed by atoms with van der Waals surface area (Å²) in [4.78, 5) is 4.34. The van der Waals surface area contributed by atoms with Gasteiger partial charge in [-0.3, -0.25) is 0 Å². The Balaban J connectivity index is 1.68. The molecule has 0 unspecified atom stereocenters. The Morgan fingerprint density at radius 1 is 1.30 bits per heavy atom. The Morgan fingerprint density at radius 2 is 2.13 bits per heavy atom. The number of hydrogen-bond acceptors (Lipinski definition) is 6. The molecule has 0 spiro atoms. The van der Waals surface area contributed by atoms with Gasteiger partial charge in [-0.15, -0.1) is 21.5 Å². The smallest absolute Gasteiger partial charge is 0.277 e. The molecule has 0 radical (unpaired) electrons. The Kier molecular flexibility index (Phi) is 4.72. The average Bonchev–Trinajstić information content (AvgIpc) is 3.08. The van der Waals surface area contributed by atoms with Gasteiger partial charge in [0.2, 0.25) is 5.89 Å². The highest BCUT2D eigenvalue weighted by atomic mass is 32.2. The number of hydrogen-bond donors (Lipinski definition) is 0.